The van der Waals surface area contributed by atoms with Gasteiger partial charge in [-0.05, 0) is 6.92 Å². The Hall–Kier alpha value is -0.200. The van der Waals surface area contributed by atoms with E-state index in [0.29, 0.717) is 0 Å². The first-order chi connectivity index (χ1) is 7.36. The highest BCUT2D eigenvalue weighted by Crippen LogP contribution is 2.14. The molecule has 0 saturated carbocycles. The third kappa shape index (κ3) is 3.39. The van der Waals surface area contributed by atoms with Crippen LogP contribution in [0.3, 0.4) is 0 Å². The molecule has 0 N–H and O–H groups in total. The summed E-state index contributed by atoms with van der Waals surface area (Å²) in [6.07, 6.45) is 0.972. The maximum Gasteiger partial charge on any atom is 0.184 e. The van der Waals surface area contributed by atoms with Crippen LogP contribution in [0.5, 0.6) is 0 Å². The maximum absolute atomic E-state index is 5.77. The summed E-state index contributed by atoms with van der Waals surface area (Å²) in [6, 6.07) is 0. The van der Waals surface area contributed by atoms with E-state index in [-0.39, 0.29) is 0 Å². The molecule has 87 valence electrons. The largest absolute Gasteiger partial charge is 0.379 e. The third-order valence-electron chi connectivity index (χ3n) is 2.69. The molecule has 0 aromatic heterocycles. The molecule has 2 aliphatic rings. The highest BCUT2D eigenvalue weighted by Gasteiger charge is 2.22. The van der Waals surface area contributed by atoms with Gasteiger partial charge in [-0.2, -0.15) is 5.06 Å². The van der Waals surface area contributed by atoms with Crippen molar-refractivity contribution in [1.29, 1.82) is 0 Å². The molecule has 15 heavy (non-hydrogen) atoms. The highest BCUT2D eigenvalue weighted by atomic mass is 16.7. The first-order valence-electron chi connectivity index (χ1n) is 5.53. The lowest BCUT2D eigenvalue weighted by Gasteiger charge is -2.35. The van der Waals surface area contributed by atoms with Crippen LogP contribution in [0, 0.1) is 6.23 Å². The molecule has 0 bridgehead atoms. The zero-order valence-electron chi connectivity index (χ0n) is 9.28. The van der Waals surface area contributed by atoms with Gasteiger partial charge in [-0.1, -0.05) is 0 Å². The van der Waals surface area contributed by atoms with Gasteiger partial charge in [-0.3, -0.25) is 9.74 Å². The van der Waals surface area contributed by atoms with Crippen LogP contribution in [0.4, 0.5) is 0 Å². The highest BCUT2D eigenvalue weighted by molar-refractivity contribution is 4.76. The first kappa shape index (κ1) is 11.3. The van der Waals surface area contributed by atoms with Gasteiger partial charge in [0.1, 0.15) is 0 Å². The molecular formula is C10H19N2O3. The van der Waals surface area contributed by atoms with Crippen LogP contribution in [0.2, 0.25) is 0 Å². The summed E-state index contributed by atoms with van der Waals surface area (Å²) in [6.45, 7) is 8.68. The molecule has 1 radical (unpaired) electrons. The van der Waals surface area contributed by atoms with E-state index in [9.17, 15) is 0 Å². The summed E-state index contributed by atoms with van der Waals surface area (Å²) in [4.78, 5) is 7.99. The molecule has 2 saturated heterocycles. The zero-order chi connectivity index (χ0) is 10.5. The molecule has 0 aliphatic carbocycles. The van der Waals surface area contributed by atoms with Crippen LogP contribution in [-0.2, 0) is 14.3 Å². The van der Waals surface area contributed by atoms with Crippen molar-refractivity contribution < 1.29 is 14.3 Å². The van der Waals surface area contributed by atoms with Crippen LogP contribution in [0.25, 0.3) is 0 Å². The van der Waals surface area contributed by atoms with Crippen molar-refractivity contribution in [3.8, 4) is 0 Å². The van der Waals surface area contributed by atoms with Crippen molar-refractivity contribution >= 4 is 0 Å². The predicted molar refractivity (Wildman–Crippen MR) is 54.8 cm³/mol. The summed E-state index contributed by atoms with van der Waals surface area (Å²) in [5.74, 6) is 0. The molecule has 5 nitrogen and oxygen atoms in total. The number of hydrogen-bond acceptors (Lipinski definition) is 5. The topological polar surface area (TPSA) is 34.2 Å². The minimum atomic E-state index is 0.760. The van der Waals surface area contributed by atoms with E-state index in [1.54, 1.807) is 0 Å². The molecular weight excluding hydrogens is 196 g/mol. The van der Waals surface area contributed by atoms with Crippen molar-refractivity contribution in [3.63, 3.8) is 0 Å². The molecule has 5 heteroatoms. The van der Waals surface area contributed by atoms with E-state index in [2.05, 4.69) is 4.90 Å². The van der Waals surface area contributed by atoms with Gasteiger partial charge >= 0.3 is 0 Å². The second-order valence-electron chi connectivity index (χ2n) is 3.75. The van der Waals surface area contributed by atoms with E-state index in [4.69, 9.17) is 14.3 Å². The summed E-state index contributed by atoms with van der Waals surface area (Å²) < 4.78 is 10.6. The van der Waals surface area contributed by atoms with Gasteiger partial charge in [0.25, 0.3) is 0 Å². The van der Waals surface area contributed by atoms with E-state index >= 15 is 0 Å². The van der Waals surface area contributed by atoms with Crippen molar-refractivity contribution in [1.82, 2.24) is 9.96 Å². The minimum Gasteiger partial charge on any atom is -0.379 e. The number of hydrogen-bond donors (Lipinski definition) is 0. The van der Waals surface area contributed by atoms with Crippen LogP contribution in [-0.4, -0.2) is 62.6 Å². The number of hydroxylamine groups is 2. The Balaban J connectivity index is 1.72. The normalized spacial score (nSPS) is 26.0. The number of rotatable bonds is 3. The Labute approximate surface area is 90.8 Å². The fourth-order valence-corrected chi connectivity index (χ4v) is 1.76. The summed E-state index contributed by atoms with van der Waals surface area (Å²) in [7, 11) is 0. The fraction of sp³-hybridized carbons (Fsp3) is 0.900. The van der Waals surface area contributed by atoms with Gasteiger partial charge in [0, 0.05) is 26.2 Å². The van der Waals surface area contributed by atoms with Crippen LogP contribution in [0.15, 0.2) is 0 Å². The molecule has 2 fully saturated rings. The van der Waals surface area contributed by atoms with E-state index in [1.165, 1.54) is 0 Å². The third-order valence-corrected chi connectivity index (χ3v) is 2.69. The molecule has 2 aliphatic heterocycles. The standard InChI is InChI=1S/C10H19N2O3/c1-10(11-2-6-13-7-3-11)15-12-4-8-14-9-5-12/h2-9H2,1H3. The Bertz CT molecular complexity index is 180. The SMILES string of the molecule is C[C](ON1CCOCC1)N1CCOCC1. The average molecular weight is 215 g/mol. The fourth-order valence-electron chi connectivity index (χ4n) is 1.76. The summed E-state index contributed by atoms with van der Waals surface area (Å²) in [5.41, 5.74) is 0. The monoisotopic (exact) mass is 215 g/mol. The van der Waals surface area contributed by atoms with Gasteiger partial charge in [-0.15, -0.1) is 0 Å². The quantitative estimate of drug-likeness (QED) is 0.666. The molecule has 2 heterocycles. The molecule has 0 amide bonds. The number of ether oxygens (including phenoxy) is 2. The van der Waals surface area contributed by atoms with Crippen molar-refractivity contribution in [2.75, 3.05) is 52.6 Å². The van der Waals surface area contributed by atoms with E-state index in [1.807, 2.05) is 12.0 Å². The van der Waals surface area contributed by atoms with Gasteiger partial charge < -0.3 is 9.47 Å². The summed E-state index contributed by atoms with van der Waals surface area (Å²) in [5, 5.41) is 1.97. The second-order valence-corrected chi connectivity index (χ2v) is 3.75. The lowest BCUT2D eigenvalue weighted by atomic mass is 10.4. The van der Waals surface area contributed by atoms with Crippen LogP contribution < -0.4 is 0 Å². The average Bonchev–Trinajstić information content (AvgIpc) is 2.31. The van der Waals surface area contributed by atoms with Gasteiger partial charge in [0.2, 0.25) is 0 Å². The lowest BCUT2D eigenvalue weighted by Crippen LogP contribution is -2.44. The molecule has 0 aromatic rings. The van der Waals surface area contributed by atoms with E-state index < -0.39 is 0 Å². The Morgan fingerprint density at radius 1 is 0.933 bits per heavy atom. The van der Waals surface area contributed by atoms with Crippen molar-refractivity contribution in [2.45, 2.75) is 6.92 Å². The smallest absolute Gasteiger partial charge is 0.184 e. The van der Waals surface area contributed by atoms with Crippen LogP contribution >= 0.6 is 0 Å². The van der Waals surface area contributed by atoms with Gasteiger partial charge in [-0.25, -0.2) is 0 Å². The number of nitrogens with zero attached hydrogens (tertiary/aromatic N) is 2. The molecule has 2 rings (SSSR count). The lowest BCUT2D eigenvalue weighted by molar-refractivity contribution is -0.214. The molecule has 0 aromatic carbocycles. The predicted octanol–water partition coefficient (Wildman–Crippen LogP) is 0.0918. The van der Waals surface area contributed by atoms with E-state index in [0.717, 1.165) is 58.8 Å². The van der Waals surface area contributed by atoms with Gasteiger partial charge in [0.15, 0.2) is 6.23 Å². The Morgan fingerprint density at radius 3 is 2.07 bits per heavy atom. The molecule has 0 atom stereocenters. The number of morpholine rings is 2. The Kier molecular flexibility index (Phi) is 4.34. The molecule has 0 spiro atoms. The minimum absolute atomic E-state index is 0.760. The maximum atomic E-state index is 5.77. The van der Waals surface area contributed by atoms with Crippen molar-refractivity contribution in [2.24, 2.45) is 0 Å². The van der Waals surface area contributed by atoms with Crippen LogP contribution in [0.1, 0.15) is 6.92 Å². The van der Waals surface area contributed by atoms with Gasteiger partial charge in [0.05, 0.1) is 26.4 Å². The zero-order valence-corrected chi connectivity index (χ0v) is 9.28. The van der Waals surface area contributed by atoms with Crippen molar-refractivity contribution in [3.05, 3.63) is 6.23 Å². The molecule has 0 unspecified atom stereocenters. The summed E-state index contributed by atoms with van der Waals surface area (Å²) >= 11 is 0. The Morgan fingerprint density at radius 2 is 1.47 bits per heavy atom. The second kappa shape index (κ2) is 5.77. The first-order valence-corrected chi connectivity index (χ1v) is 5.53.